The number of rotatable bonds is 4. The lowest BCUT2D eigenvalue weighted by molar-refractivity contribution is -0.383. The van der Waals surface area contributed by atoms with Crippen LogP contribution in [0, 0.1) is 10.1 Å². The fourth-order valence-corrected chi connectivity index (χ4v) is 3.00. The van der Waals surface area contributed by atoms with Gasteiger partial charge in [-0.3, -0.25) is 14.9 Å². The quantitative estimate of drug-likeness (QED) is 0.313. The number of hydrogen-bond donors (Lipinski definition) is 1. The summed E-state index contributed by atoms with van der Waals surface area (Å²) in [6.45, 7) is 0. The summed E-state index contributed by atoms with van der Waals surface area (Å²) in [4.78, 5) is 35.2. The van der Waals surface area contributed by atoms with Crippen LogP contribution in [0.1, 0.15) is 10.4 Å². The Hall–Kier alpha value is -4.26. The molecule has 4 aromatic rings. The molecule has 7 heteroatoms. The number of non-ortho nitro benzene ring substituents is 1. The normalized spacial score (nSPS) is 10.6. The van der Waals surface area contributed by atoms with E-state index in [4.69, 9.17) is 4.42 Å². The molecule has 1 heterocycles. The second-order valence-electron chi connectivity index (χ2n) is 6.30. The zero-order valence-electron chi connectivity index (χ0n) is 15.0. The maximum Gasteiger partial charge on any atom is 0.360 e. The monoisotopic (exact) mass is 386 g/mol. The zero-order valence-corrected chi connectivity index (χ0v) is 15.0. The van der Waals surface area contributed by atoms with E-state index < -0.39 is 16.5 Å². The number of nitrogens with zero attached hydrogens (tertiary/aromatic N) is 1. The molecule has 0 bridgehead atoms. The van der Waals surface area contributed by atoms with Crippen molar-refractivity contribution in [1.82, 2.24) is 0 Å². The minimum absolute atomic E-state index is 0.0878. The Morgan fingerprint density at radius 3 is 2.28 bits per heavy atom. The third-order valence-corrected chi connectivity index (χ3v) is 4.44. The molecule has 1 aromatic heterocycles. The molecule has 3 aromatic carbocycles. The zero-order chi connectivity index (χ0) is 20.4. The number of hydrogen-bond acceptors (Lipinski definition) is 5. The van der Waals surface area contributed by atoms with Crippen LogP contribution < -0.4 is 10.9 Å². The highest BCUT2D eigenvalue weighted by molar-refractivity contribution is 6.05. The highest BCUT2D eigenvalue weighted by Crippen LogP contribution is 2.26. The molecule has 0 saturated heterocycles. The molecule has 1 N–H and O–H groups in total. The Balaban J connectivity index is 1.61. The van der Waals surface area contributed by atoms with Crippen molar-refractivity contribution in [3.8, 4) is 11.1 Å². The lowest BCUT2D eigenvalue weighted by atomic mass is 10.0. The number of carbonyl (C=O) groups excluding carboxylic acids is 1. The first-order chi connectivity index (χ1) is 14.0. The van der Waals surface area contributed by atoms with Gasteiger partial charge >= 0.3 is 11.3 Å². The van der Waals surface area contributed by atoms with Crippen molar-refractivity contribution in [3.05, 3.63) is 105 Å². The van der Waals surface area contributed by atoms with Crippen LogP contribution in [0.15, 0.2) is 88.1 Å². The van der Waals surface area contributed by atoms with Gasteiger partial charge in [0.1, 0.15) is 5.69 Å². The first-order valence-corrected chi connectivity index (χ1v) is 8.71. The van der Waals surface area contributed by atoms with Gasteiger partial charge in [-0.05, 0) is 29.3 Å². The first kappa shape index (κ1) is 18.1. The topological polar surface area (TPSA) is 102 Å². The van der Waals surface area contributed by atoms with Gasteiger partial charge in [0.2, 0.25) is 5.58 Å². The SMILES string of the molecule is O=C(Nc1cc2cccc([N+](=O)[O-])c2oc1=O)c1ccc(-c2ccccc2)cc1. The highest BCUT2D eigenvalue weighted by Gasteiger charge is 2.17. The van der Waals surface area contributed by atoms with E-state index in [9.17, 15) is 19.7 Å². The van der Waals surface area contributed by atoms with Gasteiger partial charge in [-0.2, -0.15) is 0 Å². The Morgan fingerprint density at radius 2 is 1.59 bits per heavy atom. The largest absolute Gasteiger partial charge is 0.414 e. The molecule has 1 amide bonds. The van der Waals surface area contributed by atoms with Crippen LogP contribution >= 0.6 is 0 Å². The van der Waals surface area contributed by atoms with Crippen molar-refractivity contribution in [1.29, 1.82) is 0 Å². The van der Waals surface area contributed by atoms with Gasteiger partial charge in [0.25, 0.3) is 5.91 Å². The maximum absolute atomic E-state index is 12.5. The molecule has 0 unspecified atom stereocenters. The summed E-state index contributed by atoms with van der Waals surface area (Å²) in [6, 6.07) is 22.3. The maximum atomic E-state index is 12.5. The molecule has 29 heavy (non-hydrogen) atoms. The molecule has 0 atom stereocenters. The smallest absolute Gasteiger partial charge is 0.360 e. The van der Waals surface area contributed by atoms with Crippen LogP contribution in [0.2, 0.25) is 0 Å². The van der Waals surface area contributed by atoms with E-state index in [0.717, 1.165) is 11.1 Å². The third kappa shape index (κ3) is 3.61. The Labute approximate surface area is 164 Å². The number of fused-ring (bicyclic) bond motifs is 1. The van der Waals surface area contributed by atoms with E-state index in [-0.39, 0.29) is 17.0 Å². The molecular weight excluding hydrogens is 372 g/mol. The van der Waals surface area contributed by atoms with Gasteiger partial charge in [-0.25, -0.2) is 4.79 Å². The molecule has 0 aliphatic heterocycles. The van der Waals surface area contributed by atoms with Crippen LogP contribution in [-0.4, -0.2) is 10.8 Å². The summed E-state index contributed by atoms with van der Waals surface area (Å²) in [5.41, 5.74) is 0.956. The van der Waals surface area contributed by atoms with Crippen molar-refractivity contribution >= 4 is 28.3 Å². The summed E-state index contributed by atoms with van der Waals surface area (Å²) < 4.78 is 5.09. The fraction of sp³-hybridized carbons (Fsp3) is 0. The van der Waals surface area contributed by atoms with Gasteiger partial charge < -0.3 is 9.73 Å². The van der Waals surface area contributed by atoms with Gasteiger partial charge in [-0.1, -0.05) is 54.6 Å². The second-order valence-corrected chi connectivity index (χ2v) is 6.30. The molecule has 142 valence electrons. The number of anilines is 1. The second kappa shape index (κ2) is 7.40. The van der Waals surface area contributed by atoms with Crippen LogP contribution in [0.4, 0.5) is 11.4 Å². The summed E-state index contributed by atoms with van der Waals surface area (Å²) in [7, 11) is 0. The summed E-state index contributed by atoms with van der Waals surface area (Å²) in [6.07, 6.45) is 0. The number of nitro groups is 1. The van der Waals surface area contributed by atoms with Gasteiger partial charge in [0.05, 0.1) is 4.92 Å². The lowest BCUT2D eigenvalue weighted by Gasteiger charge is -2.07. The summed E-state index contributed by atoms with van der Waals surface area (Å²) in [5.74, 6) is -0.485. The number of amides is 1. The van der Waals surface area contributed by atoms with E-state index in [1.54, 1.807) is 18.2 Å². The van der Waals surface area contributed by atoms with Gasteiger partial charge in [0, 0.05) is 17.0 Å². The van der Waals surface area contributed by atoms with Crippen molar-refractivity contribution in [3.63, 3.8) is 0 Å². The molecule has 4 rings (SSSR count). The van der Waals surface area contributed by atoms with E-state index >= 15 is 0 Å². The van der Waals surface area contributed by atoms with E-state index in [2.05, 4.69) is 5.32 Å². The predicted octanol–water partition coefficient (Wildman–Crippen LogP) is 4.62. The van der Waals surface area contributed by atoms with Crippen molar-refractivity contribution in [2.24, 2.45) is 0 Å². The summed E-state index contributed by atoms with van der Waals surface area (Å²) >= 11 is 0. The molecule has 0 fully saturated rings. The molecule has 0 radical (unpaired) electrons. The average Bonchev–Trinajstić information content (AvgIpc) is 2.74. The van der Waals surface area contributed by atoms with E-state index in [1.807, 2.05) is 42.5 Å². The van der Waals surface area contributed by atoms with Gasteiger partial charge in [0.15, 0.2) is 0 Å². The minimum atomic E-state index is -0.860. The molecule has 0 spiro atoms. The van der Waals surface area contributed by atoms with E-state index in [0.29, 0.717) is 10.9 Å². The fourth-order valence-electron chi connectivity index (χ4n) is 3.00. The van der Waals surface area contributed by atoms with Crippen LogP contribution in [0.25, 0.3) is 22.1 Å². The molecule has 0 saturated carbocycles. The summed E-state index contributed by atoms with van der Waals surface area (Å²) in [5, 5.41) is 13.9. The van der Waals surface area contributed by atoms with Crippen LogP contribution in [0.5, 0.6) is 0 Å². The number of para-hydroxylation sites is 1. The minimum Gasteiger partial charge on any atom is -0.414 e. The van der Waals surface area contributed by atoms with Gasteiger partial charge in [-0.15, -0.1) is 0 Å². The number of nitro benzene ring substituents is 1. The molecule has 0 aliphatic carbocycles. The van der Waals surface area contributed by atoms with E-state index in [1.165, 1.54) is 18.2 Å². The highest BCUT2D eigenvalue weighted by atomic mass is 16.6. The van der Waals surface area contributed by atoms with Crippen molar-refractivity contribution in [2.75, 3.05) is 5.32 Å². The number of benzene rings is 3. The Bertz CT molecular complexity index is 1280. The lowest BCUT2D eigenvalue weighted by Crippen LogP contribution is -2.17. The third-order valence-electron chi connectivity index (χ3n) is 4.44. The van der Waals surface area contributed by atoms with Crippen LogP contribution in [0.3, 0.4) is 0 Å². The molecule has 7 nitrogen and oxygen atoms in total. The van der Waals surface area contributed by atoms with Crippen LogP contribution in [-0.2, 0) is 0 Å². The average molecular weight is 386 g/mol. The van der Waals surface area contributed by atoms with Crippen molar-refractivity contribution < 1.29 is 14.1 Å². The standard InChI is InChI=1S/C22H14N2O5/c25-21(16-11-9-15(10-12-16)14-5-2-1-3-6-14)23-18-13-17-7-4-8-19(24(27)28)20(17)29-22(18)26/h1-13H,(H,23,25). The molecular formula is C22H14N2O5. The Morgan fingerprint density at radius 1 is 0.897 bits per heavy atom. The van der Waals surface area contributed by atoms with Crippen molar-refractivity contribution in [2.45, 2.75) is 0 Å². The predicted molar refractivity (Wildman–Crippen MR) is 109 cm³/mol. The number of nitrogens with one attached hydrogen (secondary N) is 1. The Kier molecular flexibility index (Phi) is 4.62. The first-order valence-electron chi connectivity index (χ1n) is 8.71. The molecule has 0 aliphatic rings. The number of carbonyl (C=O) groups is 1.